The number of amides is 2. The van der Waals surface area contributed by atoms with Crippen LogP contribution >= 0.6 is 23.2 Å². The molecule has 0 spiro atoms. The molecule has 0 bridgehead atoms. The third-order valence-corrected chi connectivity index (χ3v) is 8.04. The molecular weight excluding hydrogens is 563 g/mol. The third kappa shape index (κ3) is 6.68. The lowest BCUT2D eigenvalue weighted by atomic mass is 9.84. The van der Waals surface area contributed by atoms with Crippen LogP contribution in [-0.2, 0) is 9.59 Å². The summed E-state index contributed by atoms with van der Waals surface area (Å²) in [4.78, 5) is 42.5. The van der Waals surface area contributed by atoms with Crippen molar-refractivity contribution in [2.75, 3.05) is 23.0 Å². The quantitative estimate of drug-likeness (QED) is 0.277. The maximum Gasteiger partial charge on any atom is 0.309 e. The largest absolute Gasteiger partial charge is 0.494 e. The molecule has 7 nitrogen and oxygen atoms in total. The van der Waals surface area contributed by atoms with E-state index in [0.29, 0.717) is 52.0 Å². The summed E-state index contributed by atoms with van der Waals surface area (Å²) in [6, 6.07) is 19.0. The highest BCUT2D eigenvalue weighted by Crippen LogP contribution is 2.42. The Kier molecular flexibility index (Phi) is 9.30. The maximum absolute atomic E-state index is 13.9. The van der Waals surface area contributed by atoms with Crippen LogP contribution in [0.2, 0.25) is 10.0 Å². The van der Waals surface area contributed by atoms with E-state index in [2.05, 4.69) is 0 Å². The number of anilines is 2. The van der Waals surface area contributed by atoms with E-state index in [0.717, 1.165) is 5.69 Å². The molecule has 1 aliphatic heterocycles. The molecule has 1 N–H and O–H groups in total. The number of carbonyl (C=O) groups is 3. The fourth-order valence-electron chi connectivity index (χ4n) is 5.02. The second-order valence-corrected chi connectivity index (χ2v) is 11.8. The number of carboxylic acid groups (broad SMARTS) is 1. The molecule has 0 unspecified atom stereocenters. The molecule has 2 atom stereocenters. The van der Waals surface area contributed by atoms with Gasteiger partial charge >= 0.3 is 5.97 Å². The number of ether oxygens (including phenoxy) is 1. The third-order valence-electron chi connectivity index (χ3n) is 7.56. The zero-order chi connectivity index (χ0) is 29.9. The molecular formula is C32H34Cl2N2O5. The average Bonchev–Trinajstić information content (AvgIpc) is 2.94. The van der Waals surface area contributed by atoms with E-state index < -0.39 is 17.3 Å². The van der Waals surface area contributed by atoms with E-state index in [9.17, 15) is 19.5 Å². The van der Waals surface area contributed by atoms with Crippen molar-refractivity contribution >= 4 is 52.4 Å². The number of aliphatic carboxylic acids is 1. The zero-order valence-electron chi connectivity index (χ0n) is 23.6. The van der Waals surface area contributed by atoms with Crippen LogP contribution in [-0.4, -0.2) is 42.1 Å². The van der Waals surface area contributed by atoms with E-state index in [4.69, 9.17) is 27.9 Å². The van der Waals surface area contributed by atoms with E-state index in [-0.39, 0.29) is 24.5 Å². The SMILES string of the molecule is CCN(C(=O)[C@H]1C[C@H](C)N(C(=O)c2ccc(OCCC(C)(C)C(=O)O)cc2)c2ccc(Cl)cc21)c1ccc(Cl)cc1. The first-order valence-electron chi connectivity index (χ1n) is 13.6. The summed E-state index contributed by atoms with van der Waals surface area (Å²) in [5.74, 6) is -1.07. The Morgan fingerprint density at radius 2 is 1.63 bits per heavy atom. The summed E-state index contributed by atoms with van der Waals surface area (Å²) in [5.41, 5.74) is 1.70. The summed E-state index contributed by atoms with van der Waals surface area (Å²) in [6.45, 7) is 7.89. The normalized spacial score (nSPS) is 16.6. The van der Waals surface area contributed by atoms with Crippen molar-refractivity contribution in [3.8, 4) is 5.75 Å². The van der Waals surface area contributed by atoms with Crippen LogP contribution in [0.4, 0.5) is 11.4 Å². The lowest BCUT2D eigenvalue weighted by Crippen LogP contribution is -2.46. The van der Waals surface area contributed by atoms with Gasteiger partial charge in [-0.1, -0.05) is 23.2 Å². The van der Waals surface area contributed by atoms with Crippen LogP contribution in [0.15, 0.2) is 66.7 Å². The smallest absolute Gasteiger partial charge is 0.309 e. The molecule has 2 amide bonds. The highest BCUT2D eigenvalue weighted by Gasteiger charge is 2.39. The van der Waals surface area contributed by atoms with Gasteiger partial charge in [0.05, 0.1) is 17.9 Å². The Morgan fingerprint density at radius 3 is 2.24 bits per heavy atom. The Morgan fingerprint density at radius 1 is 1.00 bits per heavy atom. The van der Waals surface area contributed by atoms with E-state index in [1.165, 1.54) is 0 Å². The van der Waals surface area contributed by atoms with Crippen LogP contribution < -0.4 is 14.5 Å². The Balaban J connectivity index is 1.56. The summed E-state index contributed by atoms with van der Waals surface area (Å²) in [5, 5.41) is 10.4. The molecule has 1 heterocycles. The Labute approximate surface area is 250 Å². The fourth-order valence-corrected chi connectivity index (χ4v) is 5.32. The maximum atomic E-state index is 13.9. The van der Waals surface area contributed by atoms with Gasteiger partial charge < -0.3 is 19.6 Å². The zero-order valence-corrected chi connectivity index (χ0v) is 25.1. The Bertz CT molecular complexity index is 1420. The lowest BCUT2D eigenvalue weighted by molar-refractivity contribution is -0.147. The Hall–Kier alpha value is -3.55. The van der Waals surface area contributed by atoms with Crippen LogP contribution in [0.1, 0.15) is 62.4 Å². The highest BCUT2D eigenvalue weighted by atomic mass is 35.5. The van der Waals surface area contributed by atoms with Crippen molar-refractivity contribution in [3.05, 3.63) is 87.9 Å². The van der Waals surface area contributed by atoms with Gasteiger partial charge in [0.25, 0.3) is 5.91 Å². The summed E-state index contributed by atoms with van der Waals surface area (Å²) < 4.78 is 5.73. The second-order valence-electron chi connectivity index (χ2n) is 10.9. The van der Waals surface area contributed by atoms with Gasteiger partial charge in [-0.15, -0.1) is 0 Å². The standard InChI is InChI=1S/C32H34Cl2N2O5/c1-5-35(24-11-8-22(33)9-12-24)30(38)27-18-20(2)36(28-15-10-23(34)19-26(27)28)29(37)21-6-13-25(14-7-21)41-17-16-32(3,4)31(39)40/h6-15,19-20,27H,5,16-18H2,1-4H3,(H,39,40)/t20-,27-/m0/s1. The molecule has 41 heavy (non-hydrogen) atoms. The number of halogens is 2. The molecule has 0 aromatic heterocycles. The predicted molar refractivity (Wildman–Crippen MR) is 163 cm³/mol. The molecule has 4 rings (SSSR count). The van der Waals surface area contributed by atoms with Gasteiger partial charge in [-0.3, -0.25) is 14.4 Å². The van der Waals surface area contributed by atoms with Gasteiger partial charge in [-0.2, -0.15) is 0 Å². The van der Waals surface area contributed by atoms with Gasteiger partial charge in [0.15, 0.2) is 0 Å². The molecule has 3 aromatic rings. The van der Waals surface area contributed by atoms with Crippen molar-refractivity contribution in [1.29, 1.82) is 0 Å². The number of rotatable bonds is 9. The van der Waals surface area contributed by atoms with E-state index in [1.54, 1.807) is 78.2 Å². The van der Waals surface area contributed by atoms with E-state index >= 15 is 0 Å². The number of benzene rings is 3. The second kappa shape index (κ2) is 12.5. The summed E-state index contributed by atoms with van der Waals surface area (Å²) in [6.07, 6.45) is 0.781. The van der Waals surface area contributed by atoms with Crippen LogP contribution in [0, 0.1) is 5.41 Å². The molecule has 1 aliphatic rings. The number of hydrogen-bond acceptors (Lipinski definition) is 4. The van der Waals surface area contributed by atoms with Gasteiger partial charge in [0.1, 0.15) is 5.75 Å². The lowest BCUT2D eigenvalue weighted by Gasteiger charge is -2.40. The molecule has 0 aliphatic carbocycles. The number of likely N-dealkylation sites (N-methyl/N-ethyl adjacent to an activating group) is 1. The number of carbonyl (C=O) groups excluding carboxylic acids is 2. The summed E-state index contributed by atoms with van der Waals surface area (Å²) in [7, 11) is 0. The van der Waals surface area contributed by atoms with Crippen molar-refractivity contribution < 1.29 is 24.2 Å². The number of nitrogens with zero attached hydrogens (tertiary/aromatic N) is 2. The van der Waals surface area contributed by atoms with Gasteiger partial charge in [-0.05, 0) is 113 Å². The van der Waals surface area contributed by atoms with Crippen LogP contribution in [0.3, 0.4) is 0 Å². The minimum atomic E-state index is -0.890. The first-order valence-corrected chi connectivity index (χ1v) is 14.3. The van der Waals surface area contributed by atoms with Crippen LogP contribution in [0.5, 0.6) is 5.75 Å². The van der Waals surface area contributed by atoms with Crippen molar-refractivity contribution in [3.63, 3.8) is 0 Å². The molecule has 0 fully saturated rings. The van der Waals surface area contributed by atoms with Gasteiger partial charge in [0, 0.05) is 39.6 Å². The number of carboxylic acids is 1. The van der Waals surface area contributed by atoms with E-state index in [1.807, 2.05) is 26.0 Å². The molecule has 0 saturated carbocycles. The molecule has 9 heteroatoms. The molecule has 0 radical (unpaired) electrons. The average molecular weight is 598 g/mol. The van der Waals surface area contributed by atoms with Gasteiger partial charge in [-0.25, -0.2) is 0 Å². The fraction of sp³-hybridized carbons (Fsp3) is 0.344. The predicted octanol–water partition coefficient (Wildman–Crippen LogP) is 7.45. The first-order chi connectivity index (χ1) is 19.4. The number of fused-ring (bicyclic) bond motifs is 1. The monoisotopic (exact) mass is 596 g/mol. The highest BCUT2D eigenvalue weighted by molar-refractivity contribution is 6.31. The molecule has 0 saturated heterocycles. The topological polar surface area (TPSA) is 87.2 Å². The number of hydrogen-bond donors (Lipinski definition) is 1. The van der Waals surface area contributed by atoms with Crippen molar-refractivity contribution in [1.82, 2.24) is 0 Å². The molecule has 3 aromatic carbocycles. The summed E-state index contributed by atoms with van der Waals surface area (Å²) >= 11 is 12.5. The molecule has 216 valence electrons. The van der Waals surface area contributed by atoms with Crippen molar-refractivity contribution in [2.24, 2.45) is 5.41 Å². The first kappa shape index (κ1) is 30.4. The van der Waals surface area contributed by atoms with Crippen molar-refractivity contribution in [2.45, 2.75) is 52.5 Å². The van der Waals surface area contributed by atoms with Gasteiger partial charge in [0.2, 0.25) is 5.91 Å². The minimum Gasteiger partial charge on any atom is -0.494 e. The van der Waals surface area contributed by atoms with Crippen LogP contribution in [0.25, 0.3) is 0 Å². The minimum absolute atomic E-state index is 0.0649.